The highest BCUT2D eigenvalue weighted by atomic mass is 16.5. The van der Waals surface area contributed by atoms with Crippen molar-refractivity contribution in [1.29, 1.82) is 0 Å². The average Bonchev–Trinajstić information content (AvgIpc) is 3.21. The summed E-state index contributed by atoms with van der Waals surface area (Å²) in [6.07, 6.45) is 2.97. The minimum atomic E-state index is -1.03. The first-order valence-corrected chi connectivity index (χ1v) is 8.79. The zero-order valence-electron chi connectivity index (χ0n) is 15.9. The summed E-state index contributed by atoms with van der Waals surface area (Å²) in [5.41, 5.74) is 5.71. The number of amides is 4. The van der Waals surface area contributed by atoms with Crippen molar-refractivity contribution in [3.05, 3.63) is 18.2 Å². The summed E-state index contributed by atoms with van der Waals surface area (Å²) in [6.45, 7) is 0.464. The molecule has 0 saturated heterocycles. The third kappa shape index (κ3) is 9.86. The quantitative estimate of drug-likeness (QED) is 0.189. The minimum Gasteiger partial charge on any atom is -0.465 e. The maximum atomic E-state index is 12.4. The lowest BCUT2D eigenvalue weighted by atomic mass is 10.1. The van der Waals surface area contributed by atoms with E-state index in [0.717, 1.165) is 0 Å². The smallest absolute Gasteiger partial charge is 0.325 e. The number of ether oxygens (including phenoxy) is 1. The van der Waals surface area contributed by atoms with Crippen LogP contribution in [0.3, 0.4) is 0 Å². The van der Waals surface area contributed by atoms with Gasteiger partial charge in [0.2, 0.25) is 23.6 Å². The summed E-state index contributed by atoms with van der Waals surface area (Å²) in [7, 11) is 0. The molecule has 1 unspecified atom stereocenters. The summed E-state index contributed by atoms with van der Waals surface area (Å²) < 4.78 is 4.67. The standard InChI is InChI=1S/C16H25N7O6/c1-2-29-15(27)8-20-13(25)6-21-16(28)11(3-10-5-18-9-22-10)23-14(26)7-19-12(24)4-17/h5,9,11H,2-4,6-8,17H2,1H3,(H,18,22)(H,19,24)(H,20,25)(H,21,28)(H,23,26). The second-order valence-electron chi connectivity index (χ2n) is 5.68. The molecule has 0 bridgehead atoms. The number of nitrogens with two attached hydrogens (primary N) is 1. The van der Waals surface area contributed by atoms with E-state index in [1.165, 1.54) is 12.5 Å². The van der Waals surface area contributed by atoms with Crippen LogP contribution in [0.25, 0.3) is 0 Å². The number of hydrogen-bond donors (Lipinski definition) is 6. The van der Waals surface area contributed by atoms with Gasteiger partial charge in [0.1, 0.15) is 12.6 Å². The van der Waals surface area contributed by atoms with E-state index in [2.05, 4.69) is 36.0 Å². The van der Waals surface area contributed by atoms with Crippen molar-refractivity contribution in [3.8, 4) is 0 Å². The zero-order valence-corrected chi connectivity index (χ0v) is 15.9. The van der Waals surface area contributed by atoms with Crippen molar-refractivity contribution in [1.82, 2.24) is 31.2 Å². The zero-order chi connectivity index (χ0) is 21.6. The predicted octanol–water partition coefficient (Wildman–Crippen LogP) is -3.69. The van der Waals surface area contributed by atoms with Crippen molar-refractivity contribution < 1.29 is 28.7 Å². The van der Waals surface area contributed by atoms with Gasteiger partial charge in [-0.3, -0.25) is 24.0 Å². The molecule has 1 aromatic heterocycles. The number of nitrogens with one attached hydrogen (secondary N) is 5. The number of aromatic nitrogens is 2. The molecule has 0 aliphatic heterocycles. The van der Waals surface area contributed by atoms with E-state index in [-0.39, 0.29) is 32.7 Å². The topological polar surface area (TPSA) is 197 Å². The fourth-order valence-corrected chi connectivity index (χ4v) is 2.06. The molecule has 0 aromatic carbocycles. The number of H-pyrrole nitrogens is 1. The molecule has 4 amide bonds. The van der Waals surface area contributed by atoms with Crippen molar-refractivity contribution in [2.75, 3.05) is 32.8 Å². The maximum Gasteiger partial charge on any atom is 0.325 e. The van der Waals surface area contributed by atoms with Crippen molar-refractivity contribution >= 4 is 29.6 Å². The van der Waals surface area contributed by atoms with E-state index < -0.39 is 42.2 Å². The summed E-state index contributed by atoms with van der Waals surface area (Å²) in [5, 5.41) is 9.42. The summed E-state index contributed by atoms with van der Waals surface area (Å²) in [5.74, 6) is -2.97. The Bertz CT molecular complexity index is 707. The van der Waals surface area contributed by atoms with Crippen LogP contribution in [0.15, 0.2) is 12.5 Å². The lowest BCUT2D eigenvalue weighted by Gasteiger charge is -2.18. The number of nitrogens with zero attached hydrogens (tertiary/aromatic N) is 1. The van der Waals surface area contributed by atoms with Gasteiger partial charge in [0, 0.05) is 18.3 Å². The molecule has 160 valence electrons. The highest BCUT2D eigenvalue weighted by molar-refractivity contribution is 5.92. The molecule has 29 heavy (non-hydrogen) atoms. The Morgan fingerprint density at radius 3 is 2.38 bits per heavy atom. The monoisotopic (exact) mass is 411 g/mol. The average molecular weight is 411 g/mol. The maximum absolute atomic E-state index is 12.4. The number of imidazole rings is 1. The SMILES string of the molecule is CCOC(=O)CNC(=O)CNC(=O)C(Cc1cnc[nH]1)NC(=O)CNC(=O)CN. The Kier molecular flexibility index (Phi) is 10.4. The van der Waals surface area contributed by atoms with E-state index >= 15 is 0 Å². The van der Waals surface area contributed by atoms with Gasteiger partial charge in [-0.05, 0) is 6.92 Å². The second kappa shape index (κ2) is 12.8. The van der Waals surface area contributed by atoms with Crippen molar-refractivity contribution in [2.45, 2.75) is 19.4 Å². The Morgan fingerprint density at radius 2 is 1.76 bits per heavy atom. The normalized spacial score (nSPS) is 11.1. The van der Waals surface area contributed by atoms with Gasteiger partial charge in [-0.2, -0.15) is 0 Å². The van der Waals surface area contributed by atoms with Gasteiger partial charge in [0.25, 0.3) is 0 Å². The molecule has 0 saturated carbocycles. The molecule has 1 atom stereocenters. The van der Waals surface area contributed by atoms with Gasteiger partial charge < -0.3 is 36.7 Å². The summed E-state index contributed by atoms with van der Waals surface area (Å²) in [6, 6.07) is -1.03. The summed E-state index contributed by atoms with van der Waals surface area (Å²) in [4.78, 5) is 65.1. The molecule has 7 N–H and O–H groups in total. The van der Waals surface area contributed by atoms with Crippen LogP contribution in [-0.2, 0) is 35.1 Å². The van der Waals surface area contributed by atoms with Gasteiger partial charge in [-0.1, -0.05) is 0 Å². The van der Waals surface area contributed by atoms with Crippen LogP contribution in [0, 0.1) is 0 Å². The van der Waals surface area contributed by atoms with Crippen LogP contribution < -0.4 is 27.0 Å². The second-order valence-corrected chi connectivity index (χ2v) is 5.68. The van der Waals surface area contributed by atoms with Crippen molar-refractivity contribution in [2.24, 2.45) is 5.73 Å². The number of hydrogen-bond acceptors (Lipinski definition) is 8. The van der Waals surface area contributed by atoms with Gasteiger partial charge in [0.15, 0.2) is 0 Å². The van der Waals surface area contributed by atoms with E-state index in [0.29, 0.717) is 5.69 Å². The lowest BCUT2D eigenvalue weighted by Crippen LogP contribution is -2.52. The Morgan fingerprint density at radius 1 is 1.07 bits per heavy atom. The van der Waals surface area contributed by atoms with E-state index in [9.17, 15) is 24.0 Å². The third-order valence-corrected chi connectivity index (χ3v) is 3.42. The van der Waals surface area contributed by atoms with Crippen LogP contribution in [-0.4, -0.2) is 78.4 Å². The number of rotatable bonds is 12. The fraction of sp³-hybridized carbons (Fsp3) is 0.500. The number of carbonyl (C=O) groups is 5. The molecule has 1 rings (SSSR count). The van der Waals surface area contributed by atoms with Gasteiger partial charge in [-0.15, -0.1) is 0 Å². The highest BCUT2D eigenvalue weighted by Crippen LogP contribution is 1.99. The van der Waals surface area contributed by atoms with Gasteiger partial charge in [-0.25, -0.2) is 4.98 Å². The lowest BCUT2D eigenvalue weighted by molar-refractivity contribution is -0.143. The third-order valence-electron chi connectivity index (χ3n) is 3.42. The van der Waals surface area contributed by atoms with Crippen molar-refractivity contribution in [3.63, 3.8) is 0 Å². The van der Waals surface area contributed by atoms with Gasteiger partial charge >= 0.3 is 5.97 Å². The molecular formula is C16H25N7O6. The predicted molar refractivity (Wildman–Crippen MR) is 98.9 cm³/mol. The molecule has 13 heteroatoms. The molecule has 0 radical (unpaired) electrons. The Hall–Kier alpha value is -3.48. The highest BCUT2D eigenvalue weighted by Gasteiger charge is 2.22. The first kappa shape index (κ1) is 23.6. The van der Waals surface area contributed by atoms with E-state index in [1.807, 2.05) is 0 Å². The number of esters is 1. The van der Waals surface area contributed by atoms with Crippen LogP contribution >= 0.6 is 0 Å². The van der Waals surface area contributed by atoms with E-state index in [1.54, 1.807) is 6.92 Å². The van der Waals surface area contributed by atoms with Crippen LogP contribution in [0.5, 0.6) is 0 Å². The number of carbonyl (C=O) groups excluding carboxylic acids is 5. The molecule has 0 aliphatic carbocycles. The number of aromatic amines is 1. The van der Waals surface area contributed by atoms with E-state index in [4.69, 9.17) is 5.73 Å². The Labute approximate surface area is 166 Å². The molecule has 1 heterocycles. The van der Waals surface area contributed by atoms with Crippen LogP contribution in [0.2, 0.25) is 0 Å². The molecule has 0 spiro atoms. The first-order valence-electron chi connectivity index (χ1n) is 8.79. The molecule has 1 aromatic rings. The van der Waals surface area contributed by atoms with Crippen LogP contribution in [0.4, 0.5) is 0 Å². The molecule has 13 nitrogen and oxygen atoms in total. The van der Waals surface area contributed by atoms with Crippen LogP contribution in [0.1, 0.15) is 12.6 Å². The first-order chi connectivity index (χ1) is 13.8. The van der Waals surface area contributed by atoms with Gasteiger partial charge in [0.05, 0.1) is 32.6 Å². The molecule has 0 aliphatic rings. The largest absolute Gasteiger partial charge is 0.465 e. The Balaban J connectivity index is 2.56. The molecule has 0 fully saturated rings. The molecular weight excluding hydrogens is 386 g/mol. The summed E-state index contributed by atoms with van der Waals surface area (Å²) >= 11 is 0. The minimum absolute atomic E-state index is 0.0762. The fourth-order valence-electron chi connectivity index (χ4n) is 2.06.